The molecule has 7 heteroatoms. The van der Waals surface area contributed by atoms with Gasteiger partial charge in [-0.15, -0.1) is 0 Å². The van der Waals surface area contributed by atoms with Gasteiger partial charge in [0, 0.05) is 55.2 Å². The molecule has 30 heavy (non-hydrogen) atoms. The van der Waals surface area contributed by atoms with E-state index in [1.54, 1.807) is 17.3 Å². The van der Waals surface area contributed by atoms with Crippen LogP contribution in [0.25, 0.3) is 22.0 Å². The summed E-state index contributed by atoms with van der Waals surface area (Å²) in [4.78, 5) is 25.7. The summed E-state index contributed by atoms with van der Waals surface area (Å²) in [5, 5.41) is 10.6. The molecule has 1 atom stereocenters. The normalized spacial score (nSPS) is 19.4. The topological polar surface area (TPSA) is 78.8 Å². The number of carbonyl (C=O) groups excluding carboxylic acids is 1. The van der Waals surface area contributed by atoms with Crippen LogP contribution in [0.1, 0.15) is 16.8 Å². The molecule has 2 fully saturated rings. The highest BCUT2D eigenvalue weighted by Crippen LogP contribution is 2.30. The molecule has 154 valence electrons. The Labute approximate surface area is 174 Å². The average molecular weight is 404 g/mol. The third-order valence-electron chi connectivity index (χ3n) is 5.86. The molecule has 2 aromatic heterocycles. The smallest absolute Gasteiger partial charge is 0.255 e. The van der Waals surface area contributed by atoms with Gasteiger partial charge in [-0.1, -0.05) is 12.1 Å². The molecule has 5 rings (SSSR count). The molecule has 4 heterocycles. The lowest BCUT2D eigenvalue weighted by Crippen LogP contribution is -2.36. The second kappa shape index (κ2) is 8.01. The Bertz CT molecular complexity index is 1060. The van der Waals surface area contributed by atoms with Crippen molar-refractivity contribution in [3.05, 3.63) is 54.5 Å². The maximum absolute atomic E-state index is 12.8. The summed E-state index contributed by atoms with van der Waals surface area (Å²) in [5.74, 6) is -0.0913. The summed E-state index contributed by atoms with van der Waals surface area (Å²) in [6, 6.07) is 10.3. The maximum atomic E-state index is 12.8. The zero-order valence-corrected chi connectivity index (χ0v) is 16.7. The highest BCUT2D eigenvalue weighted by Gasteiger charge is 2.26. The summed E-state index contributed by atoms with van der Waals surface area (Å²) < 4.78 is 5.43. The Morgan fingerprint density at radius 1 is 1.07 bits per heavy atom. The van der Waals surface area contributed by atoms with Crippen molar-refractivity contribution >= 4 is 22.5 Å². The fraction of sp³-hybridized carbons (Fsp3) is 0.348. The number of pyridine rings is 2. The molecule has 1 aromatic carbocycles. The Kier molecular flexibility index (Phi) is 5.06. The summed E-state index contributed by atoms with van der Waals surface area (Å²) in [7, 11) is 0. The van der Waals surface area contributed by atoms with E-state index in [1.807, 2.05) is 12.3 Å². The van der Waals surface area contributed by atoms with Crippen molar-refractivity contribution < 1.29 is 14.6 Å². The fourth-order valence-corrected chi connectivity index (χ4v) is 4.18. The van der Waals surface area contributed by atoms with E-state index in [4.69, 9.17) is 4.74 Å². The molecular formula is C23H24N4O3. The third-order valence-corrected chi connectivity index (χ3v) is 5.86. The number of aliphatic hydroxyl groups is 1. The first-order valence-electron chi connectivity index (χ1n) is 10.3. The molecule has 1 N–H and O–H groups in total. The standard InChI is InChI=1S/C23H24N4O3/c28-19-5-6-27(15-19)23(29)17-11-20-21(13-24-14-22(20)25-12-17)16-1-3-18(4-2-16)26-7-9-30-10-8-26/h1-4,11-14,19,28H,5-10,15H2. The number of hydrogen-bond acceptors (Lipinski definition) is 6. The molecule has 2 aliphatic heterocycles. The number of aromatic nitrogens is 2. The van der Waals surface area contributed by atoms with Gasteiger partial charge in [0.2, 0.25) is 0 Å². The average Bonchev–Trinajstić information content (AvgIpc) is 3.25. The van der Waals surface area contributed by atoms with Crippen LogP contribution in [-0.2, 0) is 4.74 Å². The van der Waals surface area contributed by atoms with E-state index in [1.165, 1.54) is 5.69 Å². The van der Waals surface area contributed by atoms with Crippen LogP contribution in [0.15, 0.2) is 48.9 Å². The van der Waals surface area contributed by atoms with Gasteiger partial charge in [0.1, 0.15) is 0 Å². The number of fused-ring (bicyclic) bond motifs is 1. The summed E-state index contributed by atoms with van der Waals surface area (Å²) in [6.07, 6.45) is 5.32. The number of morpholine rings is 1. The van der Waals surface area contributed by atoms with Gasteiger partial charge in [0.05, 0.1) is 36.6 Å². The van der Waals surface area contributed by atoms with Crippen LogP contribution in [0.2, 0.25) is 0 Å². The maximum Gasteiger partial charge on any atom is 0.255 e. The van der Waals surface area contributed by atoms with Crippen LogP contribution in [-0.4, -0.2) is 71.4 Å². The lowest BCUT2D eigenvalue weighted by atomic mass is 10.0. The lowest BCUT2D eigenvalue weighted by Gasteiger charge is -2.29. The minimum atomic E-state index is -0.438. The highest BCUT2D eigenvalue weighted by atomic mass is 16.5. The number of hydrogen-bond donors (Lipinski definition) is 1. The van der Waals surface area contributed by atoms with Gasteiger partial charge in [0.15, 0.2) is 0 Å². The molecule has 2 aliphatic rings. The minimum Gasteiger partial charge on any atom is -0.391 e. The van der Waals surface area contributed by atoms with Crippen molar-refractivity contribution in [3.8, 4) is 11.1 Å². The molecule has 1 unspecified atom stereocenters. The molecule has 2 saturated heterocycles. The van der Waals surface area contributed by atoms with E-state index >= 15 is 0 Å². The fourth-order valence-electron chi connectivity index (χ4n) is 4.18. The van der Waals surface area contributed by atoms with Crippen molar-refractivity contribution in [3.63, 3.8) is 0 Å². The predicted molar refractivity (Wildman–Crippen MR) is 115 cm³/mol. The van der Waals surface area contributed by atoms with E-state index in [2.05, 4.69) is 39.1 Å². The highest BCUT2D eigenvalue weighted by molar-refractivity contribution is 6.01. The number of likely N-dealkylation sites (tertiary alicyclic amines) is 1. The second-order valence-corrected chi connectivity index (χ2v) is 7.82. The van der Waals surface area contributed by atoms with Crippen LogP contribution in [0.4, 0.5) is 5.69 Å². The van der Waals surface area contributed by atoms with Crippen LogP contribution in [0.3, 0.4) is 0 Å². The molecule has 0 spiro atoms. The second-order valence-electron chi connectivity index (χ2n) is 7.82. The first kappa shape index (κ1) is 19.0. The van der Waals surface area contributed by atoms with E-state index in [0.29, 0.717) is 25.1 Å². The van der Waals surface area contributed by atoms with Gasteiger partial charge < -0.3 is 19.6 Å². The Morgan fingerprint density at radius 3 is 2.60 bits per heavy atom. The van der Waals surface area contributed by atoms with Gasteiger partial charge in [0.25, 0.3) is 5.91 Å². The zero-order valence-electron chi connectivity index (χ0n) is 16.7. The quantitative estimate of drug-likeness (QED) is 0.722. The third kappa shape index (κ3) is 3.62. The van der Waals surface area contributed by atoms with Crippen molar-refractivity contribution in [1.82, 2.24) is 14.9 Å². The molecular weight excluding hydrogens is 380 g/mol. The first-order chi connectivity index (χ1) is 14.7. The molecule has 0 radical (unpaired) electrons. The molecule has 0 aliphatic carbocycles. The molecule has 3 aromatic rings. The number of amides is 1. The van der Waals surface area contributed by atoms with Crippen LogP contribution in [0.5, 0.6) is 0 Å². The molecule has 7 nitrogen and oxygen atoms in total. The number of aliphatic hydroxyl groups excluding tert-OH is 1. The zero-order chi connectivity index (χ0) is 20.5. The van der Waals surface area contributed by atoms with Crippen molar-refractivity contribution in [2.24, 2.45) is 0 Å². The number of β-amino-alcohol motifs (C(OH)–C–C–N with tert-alkyl or cyclic N) is 1. The molecule has 0 bridgehead atoms. The largest absolute Gasteiger partial charge is 0.391 e. The monoisotopic (exact) mass is 404 g/mol. The number of nitrogens with zero attached hydrogens (tertiary/aromatic N) is 4. The molecule has 0 saturated carbocycles. The number of ether oxygens (including phenoxy) is 1. The van der Waals surface area contributed by atoms with E-state index < -0.39 is 6.10 Å². The van der Waals surface area contributed by atoms with Crippen LogP contribution >= 0.6 is 0 Å². The Balaban J connectivity index is 1.47. The van der Waals surface area contributed by atoms with Crippen LogP contribution < -0.4 is 4.90 Å². The SMILES string of the molecule is O=C(c1cnc2cncc(-c3ccc(N4CCOCC4)cc3)c2c1)N1CCC(O)C1. The first-order valence-corrected chi connectivity index (χ1v) is 10.3. The summed E-state index contributed by atoms with van der Waals surface area (Å²) in [5.41, 5.74) is 4.45. The van der Waals surface area contributed by atoms with E-state index in [9.17, 15) is 9.90 Å². The summed E-state index contributed by atoms with van der Waals surface area (Å²) >= 11 is 0. The van der Waals surface area contributed by atoms with Gasteiger partial charge in [-0.25, -0.2) is 0 Å². The number of anilines is 1. The van der Waals surface area contributed by atoms with Gasteiger partial charge in [-0.3, -0.25) is 14.8 Å². The lowest BCUT2D eigenvalue weighted by molar-refractivity contribution is 0.0764. The van der Waals surface area contributed by atoms with Gasteiger partial charge in [-0.05, 0) is 30.2 Å². The Morgan fingerprint density at radius 2 is 1.87 bits per heavy atom. The van der Waals surface area contributed by atoms with Crippen molar-refractivity contribution in [1.29, 1.82) is 0 Å². The van der Waals surface area contributed by atoms with Crippen LogP contribution in [0, 0.1) is 0 Å². The van der Waals surface area contributed by atoms with E-state index in [-0.39, 0.29) is 5.91 Å². The van der Waals surface area contributed by atoms with Crippen molar-refractivity contribution in [2.75, 3.05) is 44.3 Å². The van der Waals surface area contributed by atoms with Crippen molar-refractivity contribution in [2.45, 2.75) is 12.5 Å². The Hall–Kier alpha value is -3.03. The van der Waals surface area contributed by atoms with Gasteiger partial charge in [-0.2, -0.15) is 0 Å². The number of benzene rings is 1. The van der Waals surface area contributed by atoms with E-state index in [0.717, 1.165) is 48.3 Å². The number of carbonyl (C=O) groups is 1. The van der Waals surface area contributed by atoms with Gasteiger partial charge >= 0.3 is 0 Å². The predicted octanol–water partition coefficient (Wildman–Crippen LogP) is 2.34. The molecule has 1 amide bonds. The number of rotatable bonds is 3. The minimum absolute atomic E-state index is 0.0913. The summed E-state index contributed by atoms with van der Waals surface area (Å²) in [6.45, 7) is 4.26.